The molecule has 1 aliphatic rings. The predicted molar refractivity (Wildman–Crippen MR) is 89.6 cm³/mol. The van der Waals surface area contributed by atoms with E-state index in [1.807, 2.05) is 0 Å². The molecule has 0 bridgehead atoms. The molecule has 0 amide bonds. The first-order valence-electron chi connectivity index (χ1n) is 8.40. The summed E-state index contributed by atoms with van der Waals surface area (Å²) < 4.78 is 61.2. The molecule has 1 saturated heterocycles. The highest BCUT2D eigenvalue weighted by Crippen LogP contribution is 2.36. The summed E-state index contributed by atoms with van der Waals surface area (Å²) in [7, 11) is 0. The molecule has 3 rings (SSSR count). The fraction of sp³-hybridized carbons (Fsp3) is 0.368. The van der Waals surface area contributed by atoms with Gasteiger partial charge in [-0.1, -0.05) is 18.2 Å². The van der Waals surface area contributed by atoms with E-state index in [2.05, 4.69) is 10.1 Å². The number of piperidine rings is 1. The van der Waals surface area contributed by atoms with Crippen LogP contribution in [0.3, 0.4) is 0 Å². The zero-order valence-corrected chi connectivity index (χ0v) is 14.0. The first-order chi connectivity index (χ1) is 12.4. The molecule has 0 aliphatic carbocycles. The highest BCUT2D eigenvalue weighted by Gasteiger charge is 2.32. The van der Waals surface area contributed by atoms with E-state index >= 15 is 0 Å². The Bertz CT molecular complexity index is 743. The quantitative estimate of drug-likeness (QED) is 0.770. The van der Waals surface area contributed by atoms with Crippen LogP contribution in [0.1, 0.15) is 12.8 Å². The van der Waals surface area contributed by atoms with E-state index in [1.54, 1.807) is 12.1 Å². The topological polar surface area (TPSA) is 30.5 Å². The molecule has 1 heterocycles. The van der Waals surface area contributed by atoms with Gasteiger partial charge in [-0.25, -0.2) is 4.39 Å². The van der Waals surface area contributed by atoms with Crippen LogP contribution in [0.25, 0.3) is 11.1 Å². The number of ether oxygens (including phenoxy) is 2. The molecular formula is C19H19F4NO2. The SMILES string of the molecule is Fc1cccc(-c2ccc(OC(F)(F)F)c(OCC3CCNCC3)c2)c1. The molecule has 26 heavy (non-hydrogen) atoms. The molecule has 1 aliphatic heterocycles. The smallest absolute Gasteiger partial charge is 0.489 e. The maximum atomic E-state index is 13.4. The zero-order valence-electron chi connectivity index (χ0n) is 14.0. The van der Waals surface area contributed by atoms with Gasteiger partial charge < -0.3 is 14.8 Å². The molecule has 2 aromatic rings. The highest BCUT2D eigenvalue weighted by molar-refractivity contribution is 5.67. The second-order valence-corrected chi connectivity index (χ2v) is 6.22. The van der Waals surface area contributed by atoms with E-state index in [4.69, 9.17) is 4.74 Å². The van der Waals surface area contributed by atoms with Gasteiger partial charge in [-0.15, -0.1) is 13.2 Å². The summed E-state index contributed by atoms with van der Waals surface area (Å²) in [5.41, 5.74) is 1.11. The van der Waals surface area contributed by atoms with E-state index < -0.39 is 17.9 Å². The standard InChI is InChI=1S/C19H19F4NO2/c20-16-3-1-2-14(10-16)15-4-5-17(26-19(21,22)23)18(11-15)25-12-13-6-8-24-9-7-13/h1-5,10-11,13,24H,6-9,12H2. The van der Waals surface area contributed by atoms with Crippen molar-refractivity contribution in [2.24, 2.45) is 5.92 Å². The average molecular weight is 369 g/mol. The number of nitrogens with one attached hydrogen (secondary N) is 1. The van der Waals surface area contributed by atoms with Gasteiger partial charge in [-0.05, 0) is 67.2 Å². The van der Waals surface area contributed by atoms with Gasteiger partial charge in [0.25, 0.3) is 0 Å². The van der Waals surface area contributed by atoms with E-state index in [1.165, 1.54) is 30.3 Å². The van der Waals surface area contributed by atoms with E-state index in [0.717, 1.165) is 25.9 Å². The van der Waals surface area contributed by atoms with Crippen LogP contribution in [-0.2, 0) is 0 Å². The largest absolute Gasteiger partial charge is 0.573 e. The van der Waals surface area contributed by atoms with Crippen LogP contribution >= 0.6 is 0 Å². The number of hydrogen-bond donors (Lipinski definition) is 1. The van der Waals surface area contributed by atoms with Crippen LogP contribution in [0.2, 0.25) is 0 Å². The van der Waals surface area contributed by atoms with Crippen molar-refractivity contribution >= 4 is 0 Å². The monoisotopic (exact) mass is 369 g/mol. The third kappa shape index (κ3) is 5.11. The summed E-state index contributed by atoms with van der Waals surface area (Å²) in [6, 6.07) is 9.95. The summed E-state index contributed by atoms with van der Waals surface area (Å²) in [5.74, 6) is -0.544. The first-order valence-corrected chi connectivity index (χ1v) is 8.40. The molecule has 2 aromatic carbocycles. The van der Waals surface area contributed by atoms with Crippen LogP contribution in [-0.4, -0.2) is 26.1 Å². The minimum Gasteiger partial charge on any atom is -0.489 e. The lowest BCUT2D eigenvalue weighted by molar-refractivity contribution is -0.275. The van der Waals surface area contributed by atoms with Gasteiger partial charge in [0.15, 0.2) is 11.5 Å². The molecular weight excluding hydrogens is 350 g/mol. The van der Waals surface area contributed by atoms with Gasteiger partial charge in [0, 0.05) is 0 Å². The Hall–Kier alpha value is -2.28. The maximum absolute atomic E-state index is 13.4. The van der Waals surface area contributed by atoms with Gasteiger partial charge in [0.1, 0.15) is 5.82 Å². The average Bonchev–Trinajstić information content (AvgIpc) is 2.60. The second-order valence-electron chi connectivity index (χ2n) is 6.22. The van der Waals surface area contributed by atoms with E-state index in [0.29, 0.717) is 17.7 Å². The Morgan fingerprint density at radius 2 is 1.69 bits per heavy atom. The predicted octanol–water partition coefficient (Wildman–Crippen LogP) is 4.77. The van der Waals surface area contributed by atoms with Crippen molar-refractivity contribution in [3.05, 3.63) is 48.3 Å². The molecule has 0 atom stereocenters. The summed E-state index contributed by atoms with van der Waals surface area (Å²) in [4.78, 5) is 0. The van der Waals surface area contributed by atoms with Crippen LogP contribution in [0.15, 0.2) is 42.5 Å². The van der Waals surface area contributed by atoms with E-state index in [-0.39, 0.29) is 11.7 Å². The first kappa shape index (κ1) is 18.5. The molecule has 1 fully saturated rings. The third-order valence-corrected chi connectivity index (χ3v) is 4.26. The Kier molecular flexibility index (Phi) is 5.66. The number of rotatable bonds is 5. The fourth-order valence-corrected chi connectivity index (χ4v) is 2.93. The third-order valence-electron chi connectivity index (χ3n) is 4.26. The van der Waals surface area contributed by atoms with E-state index in [9.17, 15) is 17.6 Å². The highest BCUT2D eigenvalue weighted by atomic mass is 19.4. The van der Waals surface area contributed by atoms with Crippen LogP contribution in [0.5, 0.6) is 11.5 Å². The zero-order chi connectivity index (χ0) is 18.6. The molecule has 0 unspecified atom stereocenters. The molecule has 0 spiro atoms. The number of halogens is 4. The van der Waals surface area contributed by atoms with Gasteiger partial charge in [0.05, 0.1) is 6.61 Å². The van der Waals surface area contributed by atoms with Crippen molar-refractivity contribution in [3.63, 3.8) is 0 Å². The minimum atomic E-state index is -4.81. The molecule has 140 valence electrons. The lowest BCUT2D eigenvalue weighted by Gasteiger charge is -2.23. The summed E-state index contributed by atoms with van der Waals surface area (Å²) in [6.45, 7) is 2.04. The fourth-order valence-electron chi connectivity index (χ4n) is 2.93. The maximum Gasteiger partial charge on any atom is 0.573 e. The van der Waals surface area contributed by atoms with Gasteiger partial charge in [-0.2, -0.15) is 0 Å². The molecule has 0 aromatic heterocycles. The number of hydrogen-bond acceptors (Lipinski definition) is 3. The van der Waals surface area contributed by atoms with Crippen molar-refractivity contribution < 1.29 is 27.0 Å². The van der Waals surface area contributed by atoms with Crippen molar-refractivity contribution in [3.8, 4) is 22.6 Å². The lowest BCUT2D eigenvalue weighted by atomic mass is 9.99. The van der Waals surface area contributed by atoms with Crippen molar-refractivity contribution in [2.45, 2.75) is 19.2 Å². The molecule has 0 saturated carbocycles. The second kappa shape index (κ2) is 7.95. The Morgan fingerprint density at radius 3 is 2.38 bits per heavy atom. The lowest BCUT2D eigenvalue weighted by Crippen LogP contribution is -2.30. The Labute approximate surface area is 148 Å². The number of alkyl halides is 3. The van der Waals surface area contributed by atoms with Crippen LogP contribution in [0.4, 0.5) is 17.6 Å². The molecule has 0 radical (unpaired) electrons. The van der Waals surface area contributed by atoms with Crippen LogP contribution < -0.4 is 14.8 Å². The minimum absolute atomic E-state index is 0.00242. The number of benzene rings is 2. The Balaban J connectivity index is 1.84. The summed E-state index contributed by atoms with van der Waals surface area (Å²) in [6.07, 6.45) is -3.01. The van der Waals surface area contributed by atoms with Gasteiger partial charge >= 0.3 is 6.36 Å². The van der Waals surface area contributed by atoms with Crippen molar-refractivity contribution in [1.82, 2.24) is 5.32 Å². The summed E-state index contributed by atoms with van der Waals surface area (Å²) in [5, 5.41) is 3.23. The molecule has 3 nitrogen and oxygen atoms in total. The van der Waals surface area contributed by atoms with Crippen molar-refractivity contribution in [1.29, 1.82) is 0 Å². The van der Waals surface area contributed by atoms with Crippen LogP contribution in [0, 0.1) is 11.7 Å². The van der Waals surface area contributed by atoms with Gasteiger partial charge in [-0.3, -0.25) is 0 Å². The normalized spacial score (nSPS) is 15.7. The van der Waals surface area contributed by atoms with Crippen molar-refractivity contribution in [2.75, 3.05) is 19.7 Å². The Morgan fingerprint density at radius 1 is 0.962 bits per heavy atom. The molecule has 7 heteroatoms. The summed E-state index contributed by atoms with van der Waals surface area (Å²) >= 11 is 0. The molecule has 1 N–H and O–H groups in total. The van der Waals surface area contributed by atoms with Gasteiger partial charge in [0.2, 0.25) is 0 Å².